The fourth-order valence-corrected chi connectivity index (χ4v) is 7.13. The van der Waals surface area contributed by atoms with Gasteiger partial charge in [-0.15, -0.1) is 6.07 Å². The molecule has 2 heterocycles. The van der Waals surface area contributed by atoms with E-state index in [1.807, 2.05) is 36.5 Å². The average Bonchev–Trinajstić information content (AvgIpc) is 3.57. The van der Waals surface area contributed by atoms with E-state index in [-0.39, 0.29) is 31.1 Å². The summed E-state index contributed by atoms with van der Waals surface area (Å²) in [5.74, 6) is 0. The Morgan fingerprint density at radius 2 is 1.14 bits per heavy atom. The molecule has 10 rings (SSSR count). The number of furan rings is 1. The molecule has 0 atom stereocenters. The summed E-state index contributed by atoms with van der Waals surface area (Å²) in [7, 11) is 0. The molecule has 3 nitrogen and oxygen atoms in total. The summed E-state index contributed by atoms with van der Waals surface area (Å²) in [5.41, 5.74) is 11.6. The molecule has 2 aromatic heterocycles. The molecule has 0 saturated carbocycles. The molecule has 0 aliphatic heterocycles. The van der Waals surface area contributed by atoms with Gasteiger partial charge in [0.1, 0.15) is 5.58 Å². The molecule has 0 bridgehead atoms. The van der Waals surface area contributed by atoms with Gasteiger partial charge in [-0.2, -0.15) is 42.0 Å². The minimum absolute atomic E-state index is 0. The third kappa shape index (κ3) is 5.03. The number of aromatic nitrogens is 2. The first-order chi connectivity index (χ1) is 24.3. The van der Waals surface area contributed by atoms with Crippen molar-refractivity contribution in [3.05, 3.63) is 170 Å². The van der Waals surface area contributed by atoms with Crippen LogP contribution < -0.4 is 0 Å². The van der Waals surface area contributed by atoms with Crippen LogP contribution in [0.3, 0.4) is 0 Å². The third-order valence-electron chi connectivity index (χ3n) is 9.50. The number of rotatable bonds is 4. The van der Waals surface area contributed by atoms with Gasteiger partial charge in [0, 0.05) is 21.7 Å². The number of fused-ring (bicyclic) bond motifs is 9. The molecule has 0 radical (unpaired) electrons. The standard InChI is InChI=1S/C46H26N2O.U/c1-2-11-29(12-3-1)34-26-40(46-41(27-34)37-17-8-9-20-43(37)49-46)33-14-10-13-32(25-33)30-21-23-31(24-22-30)42-28-47-44-38-18-6-4-15-35(38)36-16-5-7-19-39(36)45(44)48-42;/h1-11,13-25,27-28H;/q-2;+2. The smallest absolute Gasteiger partial charge is 0.491 e. The fourth-order valence-electron chi connectivity index (χ4n) is 7.13. The Kier molecular flexibility index (Phi) is 7.58. The van der Waals surface area contributed by atoms with Crippen LogP contribution in [0.1, 0.15) is 0 Å². The van der Waals surface area contributed by atoms with Crippen LogP contribution in [0, 0.1) is 43.2 Å². The quantitative estimate of drug-likeness (QED) is 0.131. The topological polar surface area (TPSA) is 38.9 Å². The van der Waals surface area contributed by atoms with E-state index in [4.69, 9.17) is 14.4 Å². The molecule has 50 heavy (non-hydrogen) atoms. The van der Waals surface area contributed by atoms with Crippen LogP contribution in [0.4, 0.5) is 0 Å². The minimum Gasteiger partial charge on any atom is -0.491 e. The first kappa shape index (κ1) is 30.5. The van der Waals surface area contributed by atoms with E-state index in [1.165, 1.54) is 10.8 Å². The SMILES string of the molecule is [U+2].[c-]1ccccc1-c1[c-]c(-c2cccc(-c3ccc(-c4cnc5c6ccccc6c6ccccc6c5n4)cc3)c2)c2oc3ccccc3c2c1. The number of nitrogens with zero attached hydrogens (tertiary/aromatic N) is 2. The van der Waals surface area contributed by atoms with Gasteiger partial charge in [-0.25, -0.2) is 10.5 Å². The van der Waals surface area contributed by atoms with Crippen LogP contribution in [0.15, 0.2) is 162 Å². The van der Waals surface area contributed by atoms with Gasteiger partial charge in [0.2, 0.25) is 0 Å². The van der Waals surface area contributed by atoms with Crippen molar-refractivity contribution in [3.8, 4) is 44.6 Å². The molecule has 0 N–H and O–H groups in total. The van der Waals surface area contributed by atoms with Gasteiger partial charge in [-0.3, -0.25) is 4.98 Å². The largest absolute Gasteiger partial charge is 2.00 e. The average molecular weight is 861 g/mol. The van der Waals surface area contributed by atoms with Gasteiger partial charge < -0.3 is 4.42 Å². The van der Waals surface area contributed by atoms with Crippen LogP contribution in [-0.2, 0) is 0 Å². The zero-order valence-electron chi connectivity index (χ0n) is 26.8. The summed E-state index contributed by atoms with van der Waals surface area (Å²) in [6.45, 7) is 0. The maximum atomic E-state index is 6.47. The second-order valence-electron chi connectivity index (χ2n) is 12.4. The Morgan fingerprint density at radius 1 is 0.480 bits per heavy atom. The van der Waals surface area contributed by atoms with Crippen molar-refractivity contribution in [1.29, 1.82) is 0 Å². The van der Waals surface area contributed by atoms with Crippen LogP contribution in [0.2, 0.25) is 0 Å². The summed E-state index contributed by atoms with van der Waals surface area (Å²) in [4.78, 5) is 10.1. The van der Waals surface area contributed by atoms with Gasteiger partial charge in [0.25, 0.3) is 0 Å². The van der Waals surface area contributed by atoms with E-state index in [1.54, 1.807) is 0 Å². The Balaban J connectivity index is 0.00000336. The molecule has 4 heteroatoms. The first-order valence-corrected chi connectivity index (χ1v) is 16.4. The second kappa shape index (κ2) is 12.4. The summed E-state index contributed by atoms with van der Waals surface area (Å²) in [6.07, 6.45) is 1.89. The van der Waals surface area contributed by atoms with Crippen molar-refractivity contribution in [2.24, 2.45) is 0 Å². The summed E-state index contributed by atoms with van der Waals surface area (Å²) in [6, 6.07) is 59.6. The minimum atomic E-state index is 0. The summed E-state index contributed by atoms with van der Waals surface area (Å²) in [5, 5.41) is 6.79. The van der Waals surface area contributed by atoms with Gasteiger partial charge in [0.05, 0.1) is 28.5 Å². The van der Waals surface area contributed by atoms with Crippen molar-refractivity contribution < 1.29 is 35.5 Å². The predicted molar refractivity (Wildman–Crippen MR) is 201 cm³/mol. The van der Waals surface area contributed by atoms with Crippen molar-refractivity contribution in [1.82, 2.24) is 9.97 Å². The number of benzene rings is 8. The number of hydrogen-bond acceptors (Lipinski definition) is 3. The van der Waals surface area contributed by atoms with E-state index in [9.17, 15) is 0 Å². The van der Waals surface area contributed by atoms with Crippen molar-refractivity contribution in [3.63, 3.8) is 0 Å². The van der Waals surface area contributed by atoms with Crippen molar-refractivity contribution >= 4 is 54.5 Å². The Labute approximate surface area is 312 Å². The Bertz CT molecular complexity index is 2840. The molecular formula is C46H26N2OU. The van der Waals surface area contributed by atoms with E-state index in [0.29, 0.717) is 0 Å². The molecule has 0 saturated heterocycles. The van der Waals surface area contributed by atoms with E-state index in [2.05, 4.69) is 133 Å². The Morgan fingerprint density at radius 3 is 1.90 bits per heavy atom. The van der Waals surface area contributed by atoms with Crippen LogP contribution in [0.5, 0.6) is 0 Å². The monoisotopic (exact) mass is 860 g/mol. The van der Waals surface area contributed by atoms with Crippen molar-refractivity contribution in [2.45, 2.75) is 0 Å². The zero-order valence-corrected chi connectivity index (χ0v) is 31.0. The molecule has 0 fully saturated rings. The molecule has 0 aliphatic rings. The number of para-hydroxylation sites is 1. The maximum absolute atomic E-state index is 6.47. The van der Waals surface area contributed by atoms with Crippen LogP contribution in [-0.4, -0.2) is 9.97 Å². The molecule has 10 aromatic rings. The maximum Gasteiger partial charge on any atom is 2.00 e. The predicted octanol–water partition coefficient (Wildman–Crippen LogP) is 12.1. The molecule has 0 amide bonds. The first-order valence-electron chi connectivity index (χ1n) is 16.4. The van der Waals surface area contributed by atoms with Crippen LogP contribution >= 0.6 is 0 Å². The van der Waals surface area contributed by atoms with Crippen LogP contribution in [0.25, 0.3) is 99.2 Å². The third-order valence-corrected chi connectivity index (χ3v) is 9.50. The van der Waals surface area contributed by atoms with Crippen molar-refractivity contribution in [2.75, 3.05) is 0 Å². The molecule has 8 aromatic carbocycles. The second-order valence-corrected chi connectivity index (χ2v) is 12.4. The van der Waals surface area contributed by atoms with Gasteiger partial charge in [-0.05, 0) is 33.4 Å². The van der Waals surface area contributed by atoms with Gasteiger partial charge in [0.15, 0.2) is 0 Å². The van der Waals surface area contributed by atoms with Gasteiger partial charge >= 0.3 is 31.1 Å². The summed E-state index contributed by atoms with van der Waals surface area (Å²) < 4.78 is 6.47. The fraction of sp³-hybridized carbons (Fsp3) is 0. The normalized spacial score (nSPS) is 11.4. The Hall–Kier alpha value is -5.53. The molecular weight excluding hydrogens is 835 g/mol. The molecule has 230 valence electrons. The molecule has 0 aliphatic carbocycles. The molecule has 0 spiro atoms. The summed E-state index contributed by atoms with van der Waals surface area (Å²) >= 11 is 0. The van der Waals surface area contributed by atoms with E-state index < -0.39 is 0 Å². The van der Waals surface area contributed by atoms with E-state index in [0.717, 1.165) is 88.4 Å². The zero-order chi connectivity index (χ0) is 32.3. The number of hydrogen-bond donors (Lipinski definition) is 0. The van der Waals surface area contributed by atoms with E-state index >= 15 is 0 Å². The van der Waals surface area contributed by atoms with Gasteiger partial charge in [-0.1, -0.05) is 126 Å². The molecule has 0 unspecified atom stereocenters.